The van der Waals surface area contributed by atoms with Gasteiger partial charge in [-0.25, -0.2) is 9.18 Å². The molecule has 106 valence electrons. The number of thioether (sulfide) groups is 1. The van der Waals surface area contributed by atoms with Gasteiger partial charge in [0.25, 0.3) is 5.24 Å². The van der Waals surface area contributed by atoms with E-state index in [1.165, 1.54) is 12.1 Å². The molecule has 1 heterocycles. The van der Waals surface area contributed by atoms with Gasteiger partial charge in [0.15, 0.2) is 0 Å². The first-order valence-electron chi connectivity index (χ1n) is 5.87. The summed E-state index contributed by atoms with van der Waals surface area (Å²) in [4.78, 5) is 35.6. The number of imide groups is 1. The zero-order valence-electron chi connectivity index (χ0n) is 10.7. The molecule has 2 amide bonds. The molecule has 1 fully saturated rings. The van der Waals surface area contributed by atoms with Crippen LogP contribution >= 0.6 is 11.8 Å². The lowest BCUT2D eigenvalue weighted by Gasteiger charge is -2.24. The van der Waals surface area contributed by atoms with Gasteiger partial charge < -0.3 is 4.74 Å². The summed E-state index contributed by atoms with van der Waals surface area (Å²) in [5, 5.41) is -0.335. The van der Waals surface area contributed by atoms with Crippen molar-refractivity contribution in [2.75, 3.05) is 12.9 Å². The second kappa shape index (κ2) is 6.04. The van der Waals surface area contributed by atoms with Crippen molar-refractivity contribution < 1.29 is 23.5 Å². The molecule has 1 saturated heterocycles. The number of carbonyl (C=O) groups excluding carboxylic acids is 3. The third-order valence-corrected chi connectivity index (χ3v) is 3.72. The first kappa shape index (κ1) is 14.5. The molecule has 0 aliphatic carbocycles. The summed E-state index contributed by atoms with van der Waals surface area (Å²) in [6, 6.07) is 3.91. The second-order valence-corrected chi connectivity index (χ2v) is 5.20. The van der Waals surface area contributed by atoms with E-state index in [0.717, 1.165) is 29.8 Å². The third-order valence-electron chi connectivity index (χ3n) is 2.84. The van der Waals surface area contributed by atoms with Gasteiger partial charge in [-0.2, -0.15) is 0 Å². The first-order chi connectivity index (χ1) is 9.52. The molecule has 0 bridgehead atoms. The maximum atomic E-state index is 13.7. The minimum atomic E-state index is -0.769. The molecule has 0 aromatic heterocycles. The molecular weight excluding hydrogens is 285 g/mol. The van der Waals surface area contributed by atoms with E-state index < -0.39 is 11.8 Å². The van der Waals surface area contributed by atoms with Crippen LogP contribution in [0.2, 0.25) is 0 Å². The number of rotatable bonds is 3. The second-order valence-electron chi connectivity index (χ2n) is 4.15. The van der Waals surface area contributed by atoms with Crippen LogP contribution in [0.15, 0.2) is 18.2 Å². The number of ether oxygens (including phenoxy) is 1. The van der Waals surface area contributed by atoms with Crippen molar-refractivity contribution in [3.05, 3.63) is 35.1 Å². The Kier molecular flexibility index (Phi) is 4.39. The Bertz CT molecular complexity index is 559. The molecule has 0 saturated carbocycles. The summed E-state index contributed by atoms with van der Waals surface area (Å²) in [5.41, 5.74) is 0.265. The Morgan fingerprint density at radius 1 is 1.45 bits per heavy atom. The van der Waals surface area contributed by atoms with Gasteiger partial charge in [-0.1, -0.05) is 17.8 Å². The van der Waals surface area contributed by atoms with Gasteiger partial charge in [0, 0.05) is 12.2 Å². The predicted octanol–water partition coefficient (Wildman–Crippen LogP) is 2.20. The number of benzene rings is 1. The van der Waals surface area contributed by atoms with Crippen LogP contribution in [0.4, 0.5) is 9.18 Å². The van der Waals surface area contributed by atoms with Crippen LogP contribution in [0.25, 0.3) is 0 Å². The minimum Gasteiger partial charge on any atom is -0.465 e. The Morgan fingerprint density at radius 2 is 2.20 bits per heavy atom. The van der Waals surface area contributed by atoms with E-state index in [-0.39, 0.29) is 23.3 Å². The number of nitrogens with zero attached hydrogens (tertiary/aromatic N) is 1. The Labute approximate surface area is 119 Å². The number of amides is 2. The number of esters is 1. The number of hydrogen-bond acceptors (Lipinski definition) is 5. The molecule has 7 heteroatoms. The van der Waals surface area contributed by atoms with Gasteiger partial charge in [0.1, 0.15) is 5.82 Å². The van der Waals surface area contributed by atoms with Crippen molar-refractivity contribution in [2.24, 2.45) is 0 Å². The Balaban J connectivity index is 2.18. The molecule has 1 aliphatic heterocycles. The molecule has 0 atom stereocenters. The topological polar surface area (TPSA) is 63.7 Å². The summed E-state index contributed by atoms with van der Waals surface area (Å²) in [6.07, 6.45) is 0.291. The SMILES string of the molecule is COC(=O)c1ccc(CN2C(=O)CCSC2=O)cc1F. The lowest BCUT2D eigenvalue weighted by atomic mass is 10.1. The average molecular weight is 297 g/mol. The molecule has 20 heavy (non-hydrogen) atoms. The fourth-order valence-corrected chi connectivity index (χ4v) is 2.58. The quantitative estimate of drug-likeness (QED) is 0.800. The lowest BCUT2D eigenvalue weighted by molar-refractivity contribution is -0.128. The zero-order valence-corrected chi connectivity index (χ0v) is 11.5. The number of carbonyl (C=O) groups is 3. The van der Waals surface area contributed by atoms with Gasteiger partial charge in [0.2, 0.25) is 5.91 Å². The van der Waals surface area contributed by atoms with Gasteiger partial charge in [-0.05, 0) is 17.7 Å². The summed E-state index contributed by atoms with van der Waals surface area (Å²) in [7, 11) is 1.16. The molecule has 1 aliphatic rings. The highest BCUT2D eigenvalue weighted by atomic mass is 32.2. The van der Waals surface area contributed by atoms with E-state index in [4.69, 9.17) is 0 Å². The zero-order chi connectivity index (χ0) is 14.7. The smallest absolute Gasteiger partial charge is 0.340 e. The van der Waals surface area contributed by atoms with Crippen LogP contribution < -0.4 is 0 Å². The summed E-state index contributed by atoms with van der Waals surface area (Å²) >= 11 is 1.06. The highest BCUT2D eigenvalue weighted by molar-refractivity contribution is 8.13. The van der Waals surface area contributed by atoms with Crippen LogP contribution in [0.3, 0.4) is 0 Å². The highest BCUT2D eigenvalue weighted by Crippen LogP contribution is 2.21. The van der Waals surface area contributed by atoms with Crippen molar-refractivity contribution in [3.63, 3.8) is 0 Å². The van der Waals surface area contributed by atoms with E-state index >= 15 is 0 Å². The average Bonchev–Trinajstić information content (AvgIpc) is 2.42. The van der Waals surface area contributed by atoms with E-state index in [9.17, 15) is 18.8 Å². The monoisotopic (exact) mass is 297 g/mol. The molecule has 0 unspecified atom stereocenters. The molecule has 0 N–H and O–H groups in total. The molecule has 1 aromatic rings. The first-order valence-corrected chi connectivity index (χ1v) is 6.85. The van der Waals surface area contributed by atoms with Gasteiger partial charge in [-0.15, -0.1) is 0 Å². The van der Waals surface area contributed by atoms with Gasteiger partial charge in [-0.3, -0.25) is 14.5 Å². The van der Waals surface area contributed by atoms with Crippen LogP contribution in [-0.2, 0) is 16.1 Å². The highest BCUT2D eigenvalue weighted by Gasteiger charge is 2.27. The van der Waals surface area contributed by atoms with Crippen molar-refractivity contribution >= 4 is 28.9 Å². The van der Waals surface area contributed by atoms with E-state index in [1.807, 2.05) is 0 Å². The van der Waals surface area contributed by atoms with Crippen molar-refractivity contribution in [1.82, 2.24) is 4.90 Å². The fourth-order valence-electron chi connectivity index (χ4n) is 1.81. The summed E-state index contributed by atoms with van der Waals surface area (Å²) in [5.74, 6) is -1.30. The fraction of sp³-hybridized carbons (Fsp3) is 0.308. The van der Waals surface area contributed by atoms with Crippen molar-refractivity contribution in [2.45, 2.75) is 13.0 Å². The Hall–Kier alpha value is -1.89. The molecule has 5 nitrogen and oxygen atoms in total. The van der Waals surface area contributed by atoms with Gasteiger partial charge in [0.05, 0.1) is 19.2 Å². The number of halogens is 1. The maximum Gasteiger partial charge on any atom is 0.340 e. The van der Waals surface area contributed by atoms with Crippen molar-refractivity contribution in [1.29, 1.82) is 0 Å². The van der Waals surface area contributed by atoms with Crippen LogP contribution in [0, 0.1) is 5.82 Å². The normalized spacial score (nSPS) is 15.4. The van der Waals surface area contributed by atoms with Gasteiger partial charge >= 0.3 is 5.97 Å². The number of methoxy groups -OCH3 is 1. The molecule has 2 rings (SSSR count). The summed E-state index contributed by atoms with van der Waals surface area (Å²) < 4.78 is 18.2. The molecule has 1 aromatic carbocycles. The standard InChI is InChI=1S/C13H12FNO4S/c1-19-12(17)9-3-2-8(6-10(9)14)7-15-11(16)4-5-20-13(15)18/h2-3,6H,4-5,7H2,1H3. The minimum absolute atomic E-state index is 0.00302. The largest absolute Gasteiger partial charge is 0.465 e. The van der Waals surface area contributed by atoms with Crippen LogP contribution in [0.1, 0.15) is 22.3 Å². The van der Waals surface area contributed by atoms with Crippen molar-refractivity contribution in [3.8, 4) is 0 Å². The number of hydrogen-bond donors (Lipinski definition) is 0. The van der Waals surface area contributed by atoms with E-state index in [2.05, 4.69) is 4.74 Å². The predicted molar refractivity (Wildman–Crippen MR) is 70.8 cm³/mol. The Morgan fingerprint density at radius 3 is 2.80 bits per heavy atom. The third kappa shape index (κ3) is 2.98. The summed E-state index contributed by atoms with van der Waals surface area (Å²) in [6.45, 7) is 0.00302. The van der Waals surface area contributed by atoms with Crippen LogP contribution in [0.5, 0.6) is 0 Å². The van der Waals surface area contributed by atoms with E-state index in [0.29, 0.717) is 17.7 Å². The molecule has 0 spiro atoms. The van der Waals surface area contributed by atoms with Crippen LogP contribution in [-0.4, -0.2) is 34.9 Å². The van der Waals surface area contributed by atoms with E-state index in [1.54, 1.807) is 0 Å². The lowest BCUT2D eigenvalue weighted by Crippen LogP contribution is -2.37. The maximum absolute atomic E-state index is 13.7. The molecular formula is C13H12FNO4S. The molecule has 0 radical (unpaired) electrons.